The second-order valence-corrected chi connectivity index (χ2v) is 17.9. The fourth-order valence-corrected chi connectivity index (χ4v) is 7.94. The zero-order valence-corrected chi connectivity index (χ0v) is 39.6. The van der Waals surface area contributed by atoms with Gasteiger partial charge < -0.3 is 48.8 Å². The third-order valence-corrected chi connectivity index (χ3v) is 12.3. The maximum atomic E-state index is 15.7. The molecule has 8 rings (SSSR count). The molecule has 2 unspecified atom stereocenters. The highest BCUT2D eigenvalue weighted by molar-refractivity contribution is 5.85. The number of oxazole rings is 2. The van der Waals surface area contributed by atoms with Gasteiger partial charge in [0, 0.05) is 68.2 Å². The summed E-state index contributed by atoms with van der Waals surface area (Å²) in [4.78, 5) is 48.3. The van der Waals surface area contributed by atoms with Gasteiger partial charge in [0.2, 0.25) is 11.4 Å². The molecular weight excluding hydrogens is 917 g/mol. The molecule has 17 nitrogen and oxygen atoms in total. The Labute approximate surface area is 398 Å². The van der Waals surface area contributed by atoms with Gasteiger partial charge in [0.15, 0.2) is 0 Å². The lowest BCUT2D eigenvalue weighted by Gasteiger charge is -2.34. The van der Waals surface area contributed by atoms with Crippen molar-refractivity contribution in [2.24, 2.45) is 0 Å². The predicted molar refractivity (Wildman–Crippen MR) is 252 cm³/mol. The third-order valence-electron chi connectivity index (χ3n) is 12.3. The van der Waals surface area contributed by atoms with Gasteiger partial charge in [-0.1, -0.05) is 13.8 Å². The summed E-state index contributed by atoms with van der Waals surface area (Å²) in [6.07, 6.45) is -0.480. The van der Waals surface area contributed by atoms with E-state index in [1.165, 1.54) is 26.2 Å². The molecule has 8 aromatic rings. The number of nitrogens with one attached hydrogen (secondary N) is 4. The molecule has 0 spiro atoms. The molecule has 0 saturated carbocycles. The highest BCUT2D eigenvalue weighted by atomic mass is 19.1. The molecule has 6 heterocycles. The number of esters is 1. The van der Waals surface area contributed by atoms with Gasteiger partial charge in [-0.3, -0.25) is 4.79 Å². The lowest BCUT2D eigenvalue weighted by atomic mass is 9.74. The lowest BCUT2D eigenvalue weighted by Crippen LogP contribution is -2.44. The first-order valence-corrected chi connectivity index (χ1v) is 22.4. The summed E-state index contributed by atoms with van der Waals surface area (Å²) < 4.78 is 87.5. The number of fused-ring (bicyclic) bond motifs is 2. The van der Waals surface area contributed by atoms with Gasteiger partial charge in [-0.2, -0.15) is 9.97 Å². The number of rotatable bonds is 20. The number of carbonyl (C=O) groups is 1. The molecule has 0 aliphatic carbocycles. The molecule has 2 aromatic carbocycles. The monoisotopic (exact) mass is 968 g/mol. The molecule has 368 valence electrons. The average Bonchev–Trinajstić information content (AvgIpc) is 4.14. The third kappa shape index (κ3) is 9.94. The summed E-state index contributed by atoms with van der Waals surface area (Å²) in [5, 5.41) is 18.7. The van der Waals surface area contributed by atoms with E-state index in [9.17, 15) is 18.7 Å². The van der Waals surface area contributed by atoms with Gasteiger partial charge in [0.25, 0.3) is 12.0 Å². The molecule has 0 bridgehead atoms. The zero-order chi connectivity index (χ0) is 50.1. The molecule has 0 amide bonds. The number of methoxy groups -OCH3 is 3. The van der Waals surface area contributed by atoms with Gasteiger partial charge in [0.1, 0.15) is 62.8 Å². The summed E-state index contributed by atoms with van der Waals surface area (Å²) in [7, 11) is 4.39. The van der Waals surface area contributed by atoms with Crippen molar-refractivity contribution in [3.63, 3.8) is 0 Å². The van der Waals surface area contributed by atoms with Crippen molar-refractivity contribution in [1.29, 1.82) is 0 Å². The highest BCUT2D eigenvalue weighted by Gasteiger charge is 2.47. The van der Waals surface area contributed by atoms with Crippen LogP contribution in [0.15, 0.2) is 69.5 Å². The summed E-state index contributed by atoms with van der Waals surface area (Å²) in [5.74, 6) is -4.20. The number of halogens is 4. The summed E-state index contributed by atoms with van der Waals surface area (Å²) in [6, 6.07) is 13.0. The minimum absolute atomic E-state index is 0.0376. The van der Waals surface area contributed by atoms with Crippen molar-refractivity contribution < 1.29 is 50.5 Å². The number of imidazole rings is 2. The van der Waals surface area contributed by atoms with Gasteiger partial charge in [-0.05, 0) is 88.6 Å². The van der Waals surface area contributed by atoms with Crippen LogP contribution in [0.3, 0.4) is 0 Å². The Hall–Kier alpha value is -7.23. The number of ether oxygens (including phenoxy) is 3. The van der Waals surface area contributed by atoms with E-state index in [0.717, 1.165) is 18.2 Å². The molecule has 70 heavy (non-hydrogen) atoms. The van der Waals surface area contributed by atoms with Crippen LogP contribution in [0.2, 0.25) is 0 Å². The van der Waals surface area contributed by atoms with Crippen LogP contribution in [0.25, 0.3) is 67.8 Å². The lowest BCUT2D eigenvalue weighted by molar-refractivity contribution is -0.149. The number of aliphatic hydroxyl groups excluding tert-OH is 1. The number of nitrogens with zero attached hydrogens (tertiary/aromatic N) is 6. The minimum Gasteiger partial charge on any atom is -0.468 e. The van der Waals surface area contributed by atoms with E-state index in [0.29, 0.717) is 43.2 Å². The van der Waals surface area contributed by atoms with Crippen LogP contribution in [-0.4, -0.2) is 104 Å². The van der Waals surface area contributed by atoms with Crippen molar-refractivity contribution >= 4 is 40.5 Å². The van der Waals surface area contributed by atoms with E-state index in [2.05, 4.69) is 40.5 Å². The molecule has 5 N–H and O–H groups in total. The molecule has 0 aliphatic heterocycles. The smallest absolute Gasteiger partial charge is 0.319 e. The first kappa shape index (κ1) is 49.2. The number of pyridine rings is 2. The van der Waals surface area contributed by atoms with Crippen molar-refractivity contribution in [3.8, 4) is 45.3 Å². The van der Waals surface area contributed by atoms with E-state index < -0.39 is 46.2 Å². The van der Waals surface area contributed by atoms with Gasteiger partial charge in [-0.15, -0.1) is 0 Å². The van der Waals surface area contributed by atoms with Crippen LogP contribution in [-0.2, 0) is 29.8 Å². The largest absolute Gasteiger partial charge is 0.468 e. The maximum Gasteiger partial charge on any atom is 0.319 e. The molecular formula is C49H52F4N10O7. The van der Waals surface area contributed by atoms with Gasteiger partial charge >= 0.3 is 5.97 Å². The number of aliphatic hydroxyl groups is 1. The Kier molecular flexibility index (Phi) is 14.1. The summed E-state index contributed by atoms with van der Waals surface area (Å²) in [5.41, 5.74) is -1.43. The summed E-state index contributed by atoms with van der Waals surface area (Å²) >= 11 is 0. The molecule has 0 aliphatic rings. The Bertz CT molecular complexity index is 3170. The Balaban J connectivity index is 1.17. The maximum absolute atomic E-state index is 15.7. The topological polar surface area (TPSA) is 224 Å². The van der Waals surface area contributed by atoms with E-state index in [1.54, 1.807) is 52.3 Å². The van der Waals surface area contributed by atoms with E-state index in [1.807, 2.05) is 13.8 Å². The number of hydrogen-bond acceptors (Lipinski definition) is 15. The average molecular weight is 969 g/mol. The SMILES string of the molecule is COCC[C@H](C)Nc1nc2ccc(-c3nc(C(C)(CC(O)C(C)(C)c4nc(-c5ccc6nc(N[C@@H](C)CCOC)oc6n5)c(-c5ccc(F)cc5F)[nH]4)C(=O)OC)[nH]c3-c3ccc(F)cc3F)nc2o1. The Morgan fingerprint density at radius 3 is 1.57 bits per heavy atom. The fraction of sp³-hybridized carbons (Fsp3) is 0.367. The number of aromatic nitrogens is 8. The molecule has 21 heteroatoms. The number of benzene rings is 2. The number of carbonyl (C=O) groups excluding carboxylic acids is 1. The van der Waals surface area contributed by atoms with E-state index >= 15 is 8.78 Å². The normalized spacial score (nSPS) is 14.2. The molecule has 0 radical (unpaired) electrons. The number of H-pyrrole nitrogens is 2. The van der Waals surface area contributed by atoms with Crippen molar-refractivity contribution in [1.82, 2.24) is 39.9 Å². The Morgan fingerprint density at radius 2 is 1.13 bits per heavy atom. The predicted octanol–water partition coefficient (Wildman–Crippen LogP) is 9.26. The second kappa shape index (κ2) is 20.0. The second-order valence-electron chi connectivity index (χ2n) is 17.9. The van der Waals surface area contributed by atoms with Gasteiger partial charge in [-0.25, -0.2) is 37.5 Å². The van der Waals surface area contributed by atoms with Crippen LogP contribution < -0.4 is 10.6 Å². The van der Waals surface area contributed by atoms with Crippen LogP contribution in [0.4, 0.5) is 29.6 Å². The highest BCUT2D eigenvalue weighted by Crippen LogP contribution is 2.42. The molecule has 6 aromatic heterocycles. The molecule has 0 fully saturated rings. The van der Waals surface area contributed by atoms with Crippen LogP contribution in [0.5, 0.6) is 0 Å². The van der Waals surface area contributed by atoms with Crippen molar-refractivity contribution in [2.45, 2.75) is 82.9 Å². The zero-order valence-electron chi connectivity index (χ0n) is 39.6. The quantitative estimate of drug-likeness (QED) is 0.0355. The van der Waals surface area contributed by atoms with E-state index in [4.69, 9.17) is 33.0 Å². The van der Waals surface area contributed by atoms with Crippen LogP contribution in [0, 0.1) is 23.3 Å². The number of aromatic amines is 2. The first-order chi connectivity index (χ1) is 33.4. The van der Waals surface area contributed by atoms with Crippen molar-refractivity contribution in [3.05, 3.63) is 95.6 Å². The van der Waals surface area contributed by atoms with Crippen LogP contribution >= 0.6 is 0 Å². The Morgan fingerprint density at radius 1 is 0.671 bits per heavy atom. The van der Waals surface area contributed by atoms with Gasteiger partial charge in [0.05, 0.1) is 36.0 Å². The standard InChI is InChI=1S/C49H52F4N10O7/c1-24(17-19-66-6)54-46-58-34-15-13-32(56-41(34)69-46)39-37(28-11-9-26(50)21-30(28)52)60-43(62-39)48(3,4)36(64)23-49(5,45(65)68-8)44-61-38(29-12-10-27(51)22-31(29)53)40(63-44)33-14-16-35-42(57-33)70-47(59-35)55-25(2)18-20-67-7/h9-16,21-22,24-25,36,64H,17-20,23H2,1-8H3,(H,54,58)(H,55,59)(H,60,62)(H,61,63)/t24-,25-,36?,49?/m0/s1. The minimum atomic E-state index is -1.80. The van der Waals surface area contributed by atoms with E-state index in [-0.39, 0.29) is 98.9 Å². The van der Waals surface area contributed by atoms with Crippen LogP contribution in [0.1, 0.15) is 65.5 Å². The number of anilines is 2. The summed E-state index contributed by atoms with van der Waals surface area (Å²) in [6.45, 7) is 9.72. The first-order valence-electron chi connectivity index (χ1n) is 22.4. The molecule has 0 saturated heterocycles. The number of hydrogen-bond donors (Lipinski definition) is 5. The van der Waals surface area contributed by atoms with Crippen molar-refractivity contribution in [2.75, 3.05) is 45.2 Å². The fourth-order valence-electron chi connectivity index (χ4n) is 7.94. The molecule has 4 atom stereocenters.